The second-order valence-corrected chi connectivity index (χ2v) is 8.11. The molecule has 3 heteroatoms. The molecule has 0 fully saturated rings. The molecule has 0 saturated carbocycles. The Labute approximate surface area is 124 Å². The summed E-state index contributed by atoms with van der Waals surface area (Å²) >= 11 is 1.52. The minimum Gasteiger partial charge on any atom is -0.308 e. The Hall–Kier alpha value is -1.50. The first-order chi connectivity index (χ1) is 9.73. The van der Waals surface area contributed by atoms with Gasteiger partial charge in [-0.05, 0) is 12.3 Å². The van der Waals surface area contributed by atoms with Crippen LogP contribution in [-0.4, -0.2) is 6.26 Å². The van der Waals surface area contributed by atoms with Crippen molar-refractivity contribution in [1.82, 2.24) is 0 Å². The highest BCUT2D eigenvalue weighted by Crippen LogP contribution is 2.55. The van der Waals surface area contributed by atoms with E-state index < -0.39 is 7.14 Å². The summed E-state index contributed by atoms with van der Waals surface area (Å²) in [6.07, 6.45) is 5.50. The predicted octanol–water partition coefficient (Wildman–Crippen LogP) is 4.39. The lowest BCUT2D eigenvalue weighted by Gasteiger charge is -2.21. The van der Waals surface area contributed by atoms with E-state index in [1.54, 1.807) is 6.08 Å². The Kier molecular flexibility index (Phi) is 5.05. The van der Waals surface area contributed by atoms with Crippen LogP contribution in [0.1, 0.15) is 0 Å². The standard InChI is InChI=1S/C17H17OPS/c1-3-10-17(20-2)19(18,15-11-6-4-7-12-15)16-13-8-5-9-14-16/h3-14H,1H2,2H3/b17-10-. The summed E-state index contributed by atoms with van der Waals surface area (Å²) in [5.41, 5.74) is 0. The Balaban J connectivity index is 2.70. The van der Waals surface area contributed by atoms with Crippen LogP contribution in [0.25, 0.3) is 0 Å². The van der Waals surface area contributed by atoms with Crippen molar-refractivity contribution in [3.63, 3.8) is 0 Å². The van der Waals surface area contributed by atoms with Crippen LogP contribution in [0.15, 0.2) is 84.0 Å². The van der Waals surface area contributed by atoms with Gasteiger partial charge in [0.25, 0.3) is 0 Å². The van der Waals surface area contributed by atoms with Gasteiger partial charge in [-0.1, -0.05) is 73.3 Å². The van der Waals surface area contributed by atoms with E-state index in [9.17, 15) is 4.57 Å². The van der Waals surface area contributed by atoms with Crippen LogP contribution in [0, 0.1) is 0 Å². The zero-order valence-corrected chi connectivity index (χ0v) is 13.1. The van der Waals surface area contributed by atoms with E-state index in [1.165, 1.54) is 11.8 Å². The van der Waals surface area contributed by atoms with E-state index in [2.05, 4.69) is 6.58 Å². The Morgan fingerprint density at radius 3 is 1.80 bits per heavy atom. The molecule has 0 N–H and O–H groups in total. The topological polar surface area (TPSA) is 17.1 Å². The average molecular weight is 300 g/mol. The molecule has 2 aromatic carbocycles. The number of hydrogen-bond acceptors (Lipinski definition) is 2. The van der Waals surface area contributed by atoms with E-state index >= 15 is 0 Å². The second-order valence-electron chi connectivity index (χ2n) is 4.23. The molecule has 0 aliphatic rings. The first kappa shape index (κ1) is 14.9. The number of allylic oxidation sites excluding steroid dienone is 2. The zero-order chi connectivity index (χ0) is 14.4. The van der Waals surface area contributed by atoms with Crippen LogP contribution in [-0.2, 0) is 4.57 Å². The second kappa shape index (κ2) is 6.78. The van der Waals surface area contributed by atoms with E-state index in [-0.39, 0.29) is 0 Å². The van der Waals surface area contributed by atoms with Gasteiger partial charge < -0.3 is 4.57 Å². The third-order valence-corrected chi connectivity index (χ3v) is 7.71. The van der Waals surface area contributed by atoms with E-state index in [0.717, 1.165) is 15.3 Å². The van der Waals surface area contributed by atoms with Crippen LogP contribution in [0.4, 0.5) is 0 Å². The maximum absolute atomic E-state index is 13.8. The van der Waals surface area contributed by atoms with Gasteiger partial charge in [-0.3, -0.25) is 0 Å². The van der Waals surface area contributed by atoms with Crippen molar-refractivity contribution < 1.29 is 4.57 Å². The maximum atomic E-state index is 13.8. The van der Waals surface area contributed by atoms with Gasteiger partial charge in [-0.2, -0.15) is 0 Å². The van der Waals surface area contributed by atoms with Crippen LogP contribution < -0.4 is 10.6 Å². The molecule has 0 spiro atoms. The normalized spacial score (nSPS) is 12.2. The van der Waals surface area contributed by atoms with Gasteiger partial charge in [0.05, 0.1) is 4.65 Å². The van der Waals surface area contributed by atoms with Gasteiger partial charge in [-0.25, -0.2) is 0 Å². The zero-order valence-electron chi connectivity index (χ0n) is 11.4. The minimum atomic E-state index is -2.80. The lowest BCUT2D eigenvalue weighted by molar-refractivity contribution is 0.591. The molecule has 0 unspecified atom stereocenters. The van der Waals surface area contributed by atoms with Gasteiger partial charge >= 0.3 is 0 Å². The number of benzene rings is 2. The quantitative estimate of drug-likeness (QED) is 0.601. The first-order valence-corrected chi connectivity index (χ1v) is 9.25. The maximum Gasteiger partial charge on any atom is 0.177 e. The first-order valence-electron chi connectivity index (χ1n) is 6.32. The molecule has 0 aromatic heterocycles. The Morgan fingerprint density at radius 1 is 1.00 bits per heavy atom. The van der Waals surface area contributed by atoms with Crippen molar-refractivity contribution in [3.8, 4) is 0 Å². The smallest absolute Gasteiger partial charge is 0.177 e. The summed E-state index contributed by atoms with van der Waals surface area (Å²) in [4.78, 5) is 0. The lowest BCUT2D eigenvalue weighted by atomic mass is 10.4. The summed E-state index contributed by atoms with van der Waals surface area (Å²) in [7, 11) is -2.80. The third-order valence-electron chi connectivity index (χ3n) is 3.02. The monoisotopic (exact) mass is 300 g/mol. The van der Waals surface area contributed by atoms with Crippen molar-refractivity contribution in [2.45, 2.75) is 0 Å². The van der Waals surface area contributed by atoms with E-state index in [4.69, 9.17) is 0 Å². The average Bonchev–Trinajstić information content (AvgIpc) is 2.53. The molecular weight excluding hydrogens is 283 g/mol. The largest absolute Gasteiger partial charge is 0.308 e. The van der Waals surface area contributed by atoms with Crippen molar-refractivity contribution in [2.24, 2.45) is 0 Å². The fourth-order valence-corrected chi connectivity index (χ4v) is 6.28. The Morgan fingerprint density at radius 2 is 1.45 bits per heavy atom. The van der Waals surface area contributed by atoms with Gasteiger partial charge in [-0.15, -0.1) is 11.8 Å². The predicted molar refractivity (Wildman–Crippen MR) is 91.6 cm³/mol. The van der Waals surface area contributed by atoms with Gasteiger partial charge in [0.2, 0.25) is 0 Å². The van der Waals surface area contributed by atoms with Crippen LogP contribution >= 0.6 is 18.9 Å². The lowest BCUT2D eigenvalue weighted by Crippen LogP contribution is -2.16. The fraction of sp³-hybridized carbons (Fsp3) is 0.0588. The molecule has 0 heterocycles. The van der Waals surface area contributed by atoms with Gasteiger partial charge in [0.15, 0.2) is 7.14 Å². The molecule has 20 heavy (non-hydrogen) atoms. The van der Waals surface area contributed by atoms with E-state index in [0.29, 0.717) is 0 Å². The molecule has 102 valence electrons. The highest BCUT2D eigenvalue weighted by Gasteiger charge is 2.30. The minimum absolute atomic E-state index is 0.852. The molecule has 0 atom stereocenters. The number of thioether (sulfide) groups is 1. The van der Waals surface area contributed by atoms with Crippen LogP contribution in [0.2, 0.25) is 0 Å². The van der Waals surface area contributed by atoms with Gasteiger partial charge in [0, 0.05) is 10.6 Å². The Bertz CT molecular complexity index is 604. The van der Waals surface area contributed by atoms with Crippen molar-refractivity contribution >= 4 is 29.5 Å². The molecule has 1 nitrogen and oxygen atoms in total. The number of rotatable bonds is 5. The third kappa shape index (κ3) is 2.82. The molecule has 0 aliphatic heterocycles. The SMILES string of the molecule is C=C/C=C(\SC)P(=O)(c1ccccc1)c1ccccc1. The highest BCUT2D eigenvalue weighted by molar-refractivity contribution is 8.13. The summed E-state index contributed by atoms with van der Waals surface area (Å²) in [5, 5.41) is 1.71. The summed E-state index contributed by atoms with van der Waals surface area (Å²) in [5.74, 6) is 0. The molecule has 0 saturated heterocycles. The van der Waals surface area contributed by atoms with Crippen molar-refractivity contribution in [1.29, 1.82) is 0 Å². The molecule has 2 rings (SSSR count). The molecule has 0 aliphatic carbocycles. The molecular formula is C17H17OPS. The van der Waals surface area contributed by atoms with Crippen LogP contribution in [0.3, 0.4) is 0 Å². The van der Waals surface area contributed by atoms with Crippen molar-refractivity contribution in [2.75, 3.05) is 6.26 Å². The summed E-state index contributed by atoms with van der Waals surface area (Å²) in [6, 6.07) is 19.3. The molecule has 0 amide bonds. The molecule has 0 bridgehead atoms. The van der Waals surface area contributed by atoms with Crippen LogP contribution in [0.5, 0.6) is 0 Å². The summed E-state index contributed by atoms with van der Waals surface area (Å²) < 4.78 is 14.7. The number of hydrogen-bond donors (Lipinski definition) is 0. The van der Waals surface area contributed by atoms with Crippen molar-refractivity contribution in [3.05, 3.63) is 84.0 Å². The summed E-state index contributed by atoms with van der Waals surface area (Å²) in [6.45, 7) is 3.74. The highest BCUT2D eigenvalue weighted by atomic mass is 32.2. The fourth-order valence-electron chi connectivity index (χ4n) is 2.08. The molecule has 0 radical (unpaired) electrons. The van der Waals surface area contributed by atoms with Gasteiger partial charge in [0.1, 0.15) is 0 Å². The molecule has 2 aromatic rings. The van der Waals surface area contributed by atoms with E-state index in [1.807, 2.05) is 73.0 Å².